The van der Waals surface area contributed by atoms with Crippen molar-refractivity contribution in [1.82, 2.24) is 9.78 Å². The van der Waals surface area contributed by atoms with Gasteiger partial charge in [0.1, 0.15) is 11.7 Å². The van der Waals surface area contributed by atoms with Crippen molar-refractivity contribution in [3.05, 3.63) is 15.8 Å². The molecule has 20 heavy (non-hydrogen) atoms. The van der Waals surface area contributed by atoms with Crippen LogP contribution in [0.3, 0.4) is 0 Å². The summed E-state index contributed by atoms with van der Waals surface area (Å²) in [6.45, 7) is 5.83. The standard InChI is InChI=1S/C12H20N4O4/c1-4-6-9(12(17)18)13-11-10(16(19)20)8(3)14-15(11)7-5-2/h9,13H,4-7H2,1-3H3,(H,17,18). The number of hydrogen-bond donors (Lipinski definition) is 2. The van der Waals surface area contributed by atoms with Crippen LogP contribution in [-0.2, 0) is 11.3 Å². The van der Waals surface area contributed by atoms with Crippen LogP contribution in [0.2, 0.25) is 0 Å². The van der Waals surface area contributed by atoms with Crippen LogP contribution in [0, 0.1) is 17.0 Å². The molecule has 0 saturated carbocycles. The number of aliphatic carboxylic acids is 1. The molecule has 1 rings (SSSR count). The Morgan fingerprint density at radius 3 is 2.60 bits per heavy atom. The summed E-state index contributed by atoms with van der Waals surface area (Å²) in [4.78, 5) is 21.8. The number of carboxylic acids is 1. The predicted octanol–water partition coefficient (Wildman–Crippen LogP) is 2.17. The molecule has 1 aromatic rings. The Morgan fingerprint density at radius 2 is 2.15 bits per heavy atom. The number of carbonyl (C=O) groups is 1. The molecule has 0 aliphatic rings. The molecule has 8 heteroatoms. The molecule has 1 atom stereocenters. The minimum atomic E-state index is -1.02. The maximum atomic E-state index is 11.2. The van der Waals surface area contributed by atoms with Gasteiger partial charge in [-0.15, -0.1) is 0 Å². The molecule has 0 radical (unpaired) electrons. The Hall–Kier alpha value is -2.12. The summed E-state index contributed by atoms with van der Waals surface area (Å²) in [5, 5.41) is 27.2. The van der Waals surface area contributed by atoms with Crippen LogP contribution >= 0.6 is 0 Å². The Labute approximate surface area is 116 Å². The third-order valence-electron chi connectivity index (χ3n) is 2.90. The highest BCUT2D eigenvalue weighted by molar-refractivity contribution is 5.78. The van der Waals surface area contributed by atoms with E-state index in [2.05, 4.69) is 10.4 Å². The van der Waals surface area contributed by atoms with Crippen molar-refractivity contribution in [2.24, 2.45) is 0 Å². The maximum Gasteiger partial charge on any atom is 0.333 e. The summed E-state index contributed by atoms with van der Waals surface area (Å²) in [7, 11) is 0. The summed E-state index contributed by atoms with van der Waals surface area (Å²) in [5.74, 6) is -0.849. The Balaban J connectivity index is 3.18. The van der Waals surface area contributed by atoms with Gasteiger partial charge in [-0.05, 0) is 19.8 Å². The van der Waals surface area contributed by atoms with Crippen molar-refractivity contribution in [2.45, 2.75) is 52.6 Å². The summed E-state index contributed by atoms with van der Waals surface area (Å²) in [5.41, 5.74) is 0.132. The molecule has 0 spiro atoms. The highest BCUT2D eigenvalue weighted by Gasteiger charge is 2.28. The molecule has 112 valence electrons. The number of anilines is 1. The lowest BCUT2D eigenvalue weighted by Gasteiger charge is -2.15. The van der Waals surface area contributed by atoms with Gasteiger partial charge >= 0.3 is 11.7 Å². The molecular formula is C12H20N4O4. The van der Waals surface area contributed by atoms with E-state index in [0.29, 0.717) is 19.4 Å². The average Bonchev–Trinajstić information content (AvgIpc) is 2.65. The largest absolute Gasteiger partial charge is 0.480 e. The van der Waals surface area contributed by atoms with Crippen LogP contribution in [0.25, 0.3) is 0 Å². The summed E-state index contributed by atoms with van der Waals surface area (Å²) in [6, 6.07) is -0.856. The van der Waals surface area contributed by atoms with E-state index in [4.69, 9.17) is 5.11 Å². The second-order valence-electron chi connectivity index (χ2n) is 4.59. The van der Waals surface area contributed by atoms with Crippen molar-refractivity contribution in [3.8, 4) is 0 Å². The molecule has 0 bridgehead atoms. The smallest absolute Gasteiger partial charge is 0.333 e. The summed E-state index contributed by atoms with van der Waals surface area (Å²) < 4.78 is 1.47. The van der Waals surface area contributed by atoms with Gasteiger partial charge in [0, 0.05) is 6.54 Å². The van der Waals surface area contributed by atoms with Gasteiger partial charge in [0.15, 0.2) is 0 Å². The third kappa shape index (κ3) is 3.46. The van der Waals surface area contributed by atoms with E-state index in [9.17, 15) is 14.9 Å². The first-order chi connectivity index (χ1) is 9.42. The molecule has 1 unspecified atom stereocenters. The number of aryl methyl sites for hydroxylation is 2. The monoisotopic (exact) mass is 284 g/mol. The van der Waals surface area contributed by atoms with Crippen molar-refractivity contribution in [1.29, 1.82) is 0 Å². The van der Waals surface area contributed by atoms with Crippen molar-refractivity contribution in [2.75, 3.05) is 5.32 Å². The maximum absolute atomic E-state index is 11.2. The van der Waals surface area contributed by atoms with Crippen LogP contribution in [0.15, 0.2) is 0 Å². The number of nitrogens with one attached hydrogen (secondary N) is 1. The SMILES string of the molecule is CCCC(Nc1c([N+](=O)[O-])c(C)nn1CCC)C(=O)O. The quantitative estimate of drug-likeness (QED) is 0.559. The molecule has 0 aliphatic carbocycles. The lowest BCUT2D eigenvalue weighted by Crippen LogP contribution is -2.30. The molecule has 0 aliphatic heterocycles. The highest BCUT2D eigenvalue weighted by Crippen LogP contribution is 2.29. The van der Waals surface area contributed by atoms with Crippen LogP contribution in [0.1, 0.15) is 38.8 Å². The molecule has 0 saturated heterocycles. The third-order valence-corrected chi connectivity index (χ3v) is 2.90. The van der Waals surface area contributed by atoms with E-state index in [1.165, 1.54) is 4.68 Å². The van der Waals surface area contributed by atoms with Crippen molar-refractivity contribution >= 4 is 17.5 Å². The normalized spacial score (nSPS) is 12.2. The number of nitro groups is 1. The van der Waals surface area contributed by atoms with Crippen LogP contribution in [0.5, 0.6) is 0 Å². The topological polar surface area (TPSA) is 110 Å². The molecule has 0 amide bonds. The Kier molecular flexibility index (Phi) is 5.48. The van der Waals surface area contributed by atoms with Gasteiger partial charge in [-0.25, -0.2) is 9.48 Å². The highest BCUT2D eigenvalue weighted by atomic mass is 16.6. The van der Waals surface area contributed by atoms with E-state index in [0.717, 1.165) is 6.42 Å². The van der Waals surface area contributed by atoms with E-state index in [-0.39, 0.29) is 17.2 Å². The van der Waals surface area contributed by atoms with Gasteiger partial charge < -0.3 is 10.4 Å². The average molecular weight is 284 g/mol. The van der Waals surface area contributed by atoms with Crippen molar-refractivity contribution < 1.29 is 14.8 Å². The molecular weight excluding hydrogens is 264 g/mol. The predicted molar refractivity (Wildman–Crippen MR) is 73.9 cm³/mol. The number of hydrogen-bond acceptors (Lipinski definition) is 5. The molecule has 1 aromatic heterocycles. The van der Waals surface area contributed by atoms with E-state index in [1.807, 2.05) is 13.8 Å². The first kappa shape index (κ1) is 15.9. The molecule has 2 N–H and O–H groups in total. The fourth-order valence-electron chi connectivity index (χ4n) is 2.02. The molecule has 0 aromatic carbocycles. The van der Waals surface area contributed by atoms with E-state index in [1.54, 1.807) is 6.92 Å². The van der Waals surface area contributed by atoms with Crippen molar-refractivity contribution in [3.63, 3.8) is 0 Å². The zero-order valence-corrected chi connectivity index (χ0v) is 11.9. The van der Waals surface area contributed by atoms with E-state index >= 15 is 0 Å². The van der Waals surface area contributed by atoms with Gasteiger partial charge in [-0.3, -0.25) is 10.1 Å². The van der Waals surface area contributed by atoms with Crippen LogP contribution in [-0.4, -0.2) is 31.8 Å². The molecule has 8 nitrogen and oxygen atoms in total. The van der Waals surface area contributed by atoms with Crippen LogP contribution < -0.4 is 5.32 Å². The minimum absolute atomic E-state index is 0.152. The lowest BCUT2D eigenvalue weighted by atomic mass is 10.1. The van der Waals surface area contributed by atoms with Gasteiger partial charge in [0.05, 0.1) is 4.92 Å². The molecule has 1 heterocycles. The number of rotatable bonds is 8. The first-order valence-corrected chi connectivity index (χ1v) is 6.63. The second-order valence-corrected chi connectivity index (χ2v) is 4.59. The zero-order valence-electron chi connectivity index (χ0n) is 11.9. The number of aromatic nitrogens is 2. The van der Waals surface area contributed by atoms with E-state index < -0.39 is 16.9 Å². The van der Waals surface area contributed by atoms with Gasteiger partial charge in [0.2, 0.25) is 5.82 Å². The van der Waals surface area contributed by atoms with Gasteiger partial charge in [-0.1, -0.05) is 20.3 Å². The first-order valence-electron chi connectivity index (χ1n) is 6.63. The van der Waals surface area contributed by atoms with Gasteiger partial charge in [0.25, 0.3) is 0 Å². The Morgan fingerprint density at radius 1 is 1.50 bits per heavy atom. The number of nitrogens with zero attached hydrogens (tertiary/aromatic N) is 3. The lowest BCUT2D eigenvalue weighted by molar-refractivity contribution is -0.384. The molecule has 0 fully saturated rings. The summed E-state index contributed by atoms with van der Waals surface area (Å²) in [6.07, 6.45) is 1.81. The fraction of sp³-hybridized carbons (Fsp3) is 0.667. The fourth-order valence-corrected chi connectivity index (χ4v) is 2.02. The minimum Gasteiger partial charge on any atom is -0.480 e. The Bertz CT molecular complexity index is 498. The zero-order chi connectivity index (χ0) is 15.3. The number of carboxylic acid groups (broad SMARTS) is 1. The van der Waals surface area contributed by atoms with Gasteiger partial charge in [-0.2, -0.15) is 5.10 Å². The van der Waals surface area contributed by atoms with Crippen LogP contribution in [0.4, 0.5) is 11.5 Å². The second kappa shape index (κ2) is 6.88. The summed E-state index contributed by atoms with van der Waals surface area (Å²) >= 11 is 0.